The van der Waals surface area contributed by atoms with Crippen LogP contribution in [0.1, 0.15) is 23.2 Å². The summed E-state index contributed by atoms with van der Waals surface area (Å²) in [6.07, 6.45) is 5.27. The molecule has 0 unspecified atom stereocenters. The first-order valence-electron chi connectivity index (χ1n) is 6.09. The van der Waals surface area contributed by atoms with E-state index in [1.165, 1.54) is 11.8 Å². The van der Waals surface area contributed by atoms with Crippen molar-refractivity contribution in [1.82, 2.24) is 15.2 Å². The van der Waals surface area contributed by atoms with Crippen molar-refractivity contribution in [3.8, 4) is 6.07 Å². The standard InChI is InChI=1S/C13H16N6/c1-9-11(8-18-19-9)3-2-4-16-13-12(15)5-10(6-14)7-17-13/h5,7-8H,2-4,15H2,1H3,(H,16,17)(H,18,19). The van der Waals surface area contributed by atoms with Gasteiger partial charge < -0.3 is 11.1 Å². The molecule has 0 aliphatic heterocycles. The molecule has 2 aromatic heterocycles. The molecular weight excluding hydrogens is 240 g/mol. The summed E-state index contributed by atoms with van der Waals surface area (Å²) in [6.45, 7) is 2.78. The van der Waals surface area contributed by atoms with Crippen molar-refractivity contribution < 1.29 is 0 Å². The Bertz CT molecular complexity index is 595. The zero-order valence-electron chi connectivity index (χ0n) is 10.8. The topological polar surface area (TPSA) is 103 Å². The molecule has 0 aromatic carbocycles. The molecule has 19 heavy (non-hydrogen) atoms. The smallest absolute Gasteiger partial charge is 0.149 e. The normalized spacial score (nSPS) is 10.1. The maximum absolute atomic E-state index is 8.72. The lowest BCUT2D eigenvalue weighted by atomic mass is 10.1. The Balaban J connectivity index is 1.83. The Labute approximate surface area is 111 Å². The number of aromatic nitrogens is 3. The summed E-state index contributed by atoms with van der Waals surface area (Å²) in [4.78, 5) is 4.12. The molecule has 4 N–H and O–H groups in total. The minimum absolute atomic E-state index is 0.470. The van der Waals surface area contributed by atoms with E-state index < -0.39 is 0 Å². The number of nitrogens with one attached hydrogen (secondary N) is 2. The Hall–Kier alpha value is -2.55. The SMILES string of the molecule is Cc1[nH]ncc1CCCNc1ncc(C#N)cc1N. The highest BCUT2D eigenvalue weighted by Gasteiger charge is 2.03. The maximum atomic E-state index is 8.72. The van der Waals surface area contributed by atoms with Crippen molar-refractivity contribution in [3.05, 3.63) is 35.3 Å². The van der Waals surface area contributed by atoms with Crippen LogP contribution in [-0.2, 0) is 6.42 Å². The number of nitriles is 1. The van der Waals surface area contributed by atoms with Crippen molar-refractivity contribution in [2.75, 3.05) is 17.6 Å². The van der Waals surface area contributed by atoms with E-state index in [2.05, 4.69) is 20.5 Å². The molecule has 0 radical (unpaired) electrons. The highest BCUT2D eigenvalue weighted by Crippen LogP contribution is 2.16. The average Bonchev–Trinajstić information content (AvgIpc) is 2.81. The fourth-order valence-corrected chi connectivity index (χ4v) is 1.80. The molecule has 0 fully saturated rings. The van der Waals surface area contributed by atoms with Gasteiger partial charge >= 0.3 is 0 Å². The average molecular weight is 256 g/mol. The maximum Gasteiger partial charge on any atom is 0.149 e. The van der Waals surface area contributed by atoms with Crippen LogP contribution in [0.4, 0.5) is 11.5 Å². The van der Waals surface area contributed by atoms with Crippen molar-refractivity contribution in [2.24, 2.45) is 0 Å². The molecule has 2 rings (SSSR count). The summed E-state index contributed by atoms with van der Waals surface area (Å²) in [6, 6.07) is 3.63. The summed E-state index contributed by atoms with van der Waals surface area (Å²) in [7, 11) is 0. The second-order valence-electron chi connectivity index (χ2n) is 4.32. The number of anilines is 2. The highest BCUT2D eigenvalue weighted by atomic mass is 15.1. The summed E-state index contributed by atoms with van der Waals surface area (Å²) in [5.41, 5.74) is 9.11. The van der Waals surface area contributed by atoms with E-state index in [1.54, 1.807) is 6.07 Å². The zero-order valence-corrected chi connectivity index (χ0v) is 10.8. The molecule has 2 heterocycles. The number of aromatic amines is 1. The fourth-order valence-electron chi connectivity index (χ4n) is 1.80. The molecule has 0 amide bonds. The van der Waals surface area contributed by atoms with Gasteiger partial charge in [-0.3, -0.25) is 5.10 Å². The van der Waals surface area contributed by atoms with Gasteiger partial charge in [-0.1, -0.05) is 0 Å². The number of nitrogen functional groups attached to an aromatic ring is 1. The van der Waals surface area contributed by atoms with Crippen LogP contribution in [0.15, 0.2) is 18.5 Å². The van der Waals surface area contributed by atoms with Crippen LogP contribution in [0.3, 0.4) is 0 Å². The van der Waals surface area contributed by atoms with E-state index >= 15 is 0 Å². The molecule has 6 nitrogen and oxygen atoms in total. The molecule has 0 saturated carbocycles. The summed E-state index contributed by atoms with van der Waals surface area (Å²) < 4.78 is 0. The second-order valence-corrected chi connectivity index (χ2v) is 4.32. The lowest BCUT2D eigenvalue weighted by Gasteiger charge is -2.07. The third-order valence-electron chi connectivity index (χ3n) is 2.90. The van der Waals surface area contributed by atoms with E-state index in [1.807, 2.05) is 19.2 Å². The van der Waals surface area contributed by atoms with Gasteiger partial charge in [0.2, 0.25) is 0 Å². The minimum atomic E-state index is 0.470. The second kappa shape index (κ2) is 5.87. The molecule has 0 bridgehead atoms. The molecule has 0 spiro atoms. The molecule has 0 atom stereocenters. The quantitative estimate of drug-likeness (QED) is 0.705. The third kappa shape index (κ3) is 3.22. The molecule has 6 heteroatoms. The van der Waals surface area contributed by atoms with Crippen LogP contribution < -0.4 is 11.1 Å². The number of aryl methyl sites for hydroxylation is 2. The van der Waals surface area contributed by atoms with Crippen molar-refractivity contribution in [3.63, 3.8) is 0 Å². The third-order valence-corrected chi connectivity index (χ3v) is 2.90. The first kappa shape index (κ1) is 12.9. The van der Waals surface area contributed by atoms with Crippen LogP contribution in [0, 0.1) is 18.3 Å². The van der Waals surface area contributed by atoms with Crippen molar-refractivity contribution in [1.29, 1.82) is 5.26 Å². The molecule has 98 valence electrons. The highest BCUT2D eigenvalue weighted by molar-refractivity contribution is 5.62. The first-order valence-corrected chi connectivity index (χ1v) is 6.09. The molecule has 2 aromatic rings. The predicted octanol–water partition coefficient (Wildman–Crippen LogP) is 1.61. The summed E-state index contributed by atoms with van der Waals surface area (Å²) in [5.74, 6) is 0.628. The number of nitrogens with two attached hydrogens (primary N) is 1. The largest absolute Gasteiger partial charge is 0.396 e. The van der Waals surface area contributed by atoms with Crippen LogP contribution in [0.25, 0.3) is 0 Å². The molecule has 0 aliphatic rings. The van der Waals surface area contributed by atoms with Crippen LogP contribution >= 0.6 is 0 Å². The lowest BCUT2D eigenvalue weighted by molar-refractivity contribution is 0.854. The Morgan fingerprint density at radius 2 is 2.32 bits per heavy atom. The van der Waals surface area contributed by atoms with Gasteiger partial charge in [0.15, 0.2) is 0 Å². The predicted molar refractivity (Wildman–Crippen MR) is 73.5 cm³/mol. The molecular formula is C13H16N6. The van der Waals surface area contributed by atoms with E-state index in [-0.39, 0.29) is 0 Å². The first-order chi connectivity index (χ1) is 9.20. The van der Waals surface area contributed by atoms with Gasteiger partial charge in [0.1, 0.15) is 11.9 Å². The van der Waals surface area contributed by atoms with Gasteiger partial charge in [0, 0.05) is 18.4 Å². The van der Waals surface area contributed by atoms with Gasteiger partial charge in [0.05, 0.1) is 17.4 Å². The molecule has 0 aliphatic carbocycles. The van der Waals surface area contributed by atoms with Crippen molar-refractivity contribution in [2.45, 2.75) is 19.8 Å². The van der Waals surface area contributed by atoms with Gasteiger partial charge in [-0.2, -0.15) is 10.4 Å². The number of hydrogen-bond acceptors (Lipinski definition) is 5. The Kier molecular flexibility index (Phi) is 3.98. The van der Waals surface area contributed by atoms with Crippen LogP contribution in [-0.4, -0.2) is 21.7 Å². The van der Waals surface area contributed by atoms with E-state index in [9.17, 15) is 0 Å². The van der Waals surface area contributed by atoms with Crippen molar-refractivity contribution >= 4 is 11.5 Å². The Morgan fingerprint density at radius 1 is 1.47 bits per heavy atom. The number of rotatable bonds is 5. The minimum Gasteiger partial charge on any atom is -0.396 e. The van der Waals surface area contributed by atoms with Gasteiger partial charge in [-0.25, -0.2) is 4.98 Å². The van der Waals surface area contributed by atoms with E-state index in [0.29, 0.717) is 17.1 Å². The van der Waals surface area contributed by atoms with E-state index in [0.717, 1.165) is 25.1 Å². The number of hydrogen-bond donors (Lipinski definition) is 3. The summed E-state index contributed by atoms with van der Waals surface area (Å²) in [5, 5.41) is 18.8. The summed E-state index contributed by atoms with van der Waals surface area (Å²) >= 11 is 0. The van der Waals surface area contributed by atoms with E-state index in [4.69, 9.17) is 11.0 Å². The van der Waals surface area contributed by atoms with Gasteiger partial charge in [-0.15, -0.1) is 0 Å². The number of H-pyrrole nitrogens is 1. The van der Waals surface area contributed by atoms with Gasteiger partial charge in [0.25, 0.3) is 0 Å². The zero-order chi connectivity index (χ0) is 13.7. The monoisotopic (exact) mass is 256 g/mol. The molecule has 0 saturated heterocycles. The lowest BCUT2D eigenvalue weighted by Crippen LogP contribution is -2.07. The van der Waals surface area contributed by atoms with Crippen LogP contribution in [0.5, 0.6) is 0 Å². The van der Waals surface area contributed by atoms with Crippen LogP contribution in [0.2, 0.25) is 0 Å². The Morgan fingerprint density at radius 3 is 2.95 bits per heavy atom. The number of nitrogens with zero attached hydrogens (tertiary/aromatic N) is 3. The number of pyridine rings is 1. The van der Waals surface area contributed by atoms with Gasteiger partial charge in [-0.05, 0) is 31.4 Å². The fraction of sp³-hybridized carbons (Fsp3) is 0.308.